The molecule has 0 aliphatic heterocycles. The Morgan fingerprint density at radius 1 is 1.12 bits per heavy atom. The molecular formula is C18H17ClFNO3S. The molecule has 0 saturated carbocycles. The molecule has 2 rings (SSSR count). The summed E-state index contributed by atoms with van der Waals surface area (Å²) in [5, 5.41) is 3.33. The van der Waals surface area contributed by atoms with Crippen molar-refractivity contribution in [3.05, 3.63) is 64.9 Å². The van der Waals surface area contributed by atoms with Crippen molar-refractivity contribution < 1.29 is 18.7 Å². The summed E-state index contributed by atoms with van der Waals surface area (Å²) in [6.45, 7) is 0.0826. The number of nitrogens with one attached hydrogen (secondary N) is 1. The molecule has 2 aromatic carbocycles. The molecule has 7 heteroatoms. The smallest absolute Gasteiger partial charge is 0.316 e. The molecule has 2 aromatic rings. The van der Waals surface area contributed by atoms with E-state index in [0.717, 1.165) is 17.3 Å². The largest absolute Gasteiger partial charge is 0.455 e. The molecule has 4 nitrogen and oxygen atoms in total. The summed E-state index contributed by atoms with van der Waals surface area (Å²) in [6.07, 6.45) is 0.653. The van der Waals surface area contributed by atoms with Gasteiger partial charge in [0.15, 0.2) is 6.61 Å². The van der Waals surface area contributed by atoms with E-state index in [1.54, 1.807) is 30.3 Å². The fourth-order valence-corrected chi connectivity index (χ4v) is 2.80. The predicted molar refractivity (Wildman–Crippen MR) is 96.2 cm³/mol. The van der Waals surface area contributed by atoms with E-state index in [-0.39, 0.29) is 24.1 Å². The van der Waals surface area contributed by atoms with Crippen molar-refractivity contribution in [2.45, 2.75) is 11.3 Å². The number of esters is 1. The minimum Gasteiger partial charge on any atom is -0.455 e. The van der Waals surface area contributed by atoms with E-state index in [0.29, 0.717) is 22.9 Å². The highest BCUT2D eigenvalue weighted by atomic mass is 35.5. The molecule has 1 amide bonds. The number of amides is 1. The van der Waals surface area contributed by atoms with Crippen molar-refractivity contribution in [3.8, 4) is 0 Å². The zero-order valence-electron chi connectivity index (χ0n) is 13.3. The SMILES string of the molecule is O=C(COC(=O)CSc1ccccc1F)NCCc1ccc(Cl)cc1. The normalized spacial score (nSPS) is 10.3. The number of benzene rings is 2. The van der Waals surface area contributed by atoms with E-state index < -0.39 is 5.97 Å². The van der Waals surface area contributed by atoms with E-state index in [1.165, 1.54) is 6.07 Å². The number of halogens is 2. The molecule has 0 atom stereocenters. The van der Waals surface area contributed by atoms with E-state index in [4.69, 9.17) is 16.3 Å². The van der Waals surface area contributed by atoms with Crippen molar-refractivity contribution in [3.63, 3.8) is 0 Å². The molecule has 0 aliphatic rings. The maximum atomic E-state index is 13.4. The highest BCUT2D eigenvalue weighted by Crippen LogP contribution is 2.20. The van der Waals surface area contributed by atoms with Crippen molar-refractivity contribution in [2.24, 2.45) is 0 Å². The van der Waals surface area contributed by atoms with Gasteiger partial charge >= 0.3 is 5.97 Å². The minimum atomic E-state index is -0.568. The fourth-order valence-electron chi connectivity index (χ4n) is 1.93. The molecule has 1 N–H and O–H groups in total. The van der Waals surface area contributed by atoms with E-state index in [9.17, 15) is 14.0 Å². The molecular weight excluding hydrogens is 365 g/mol. The van der Waals surface area contributed by atoms with Gasteiger partial charge in [0.1, 0.15) is 5.82 Å². The molecule has 0 spiro atoms. The van der Waals surface area contributed by atoms with Crippen LogP contribution in [0, 0.1) is 5.82 Å². The van der Waals surface area contributed by atoms with Gasteiger partial charge in [-0.1, -0.05) is 35.9 Å². The number of thioether (sulfide) groups is 1. The topological polar surface area (TPSA) is 55.4 Å². The molecule has 0 unspecified atom stereocenters. The second-order valence-corrected chi connectivity index (χ2v) is 6.56. The molecule has 0 aromatic heterocycles. The summed E-state index contributed by atoms with van der Waals surface area (Å²) in [5.41, 5.74) is 1.04. The Kier molecular flexibility index (Phi) is 7.76. The second-order valence-electron chi connectivity index (χ2n) is 5.11. The molecule has 0 radical (unpaired) electrons. The van der Waals surface area contributed by atoms with Gasteiger partial charge < -0.3 is 10.1 Å². The summed E-state index contributed by atoms with van der Waals surface area (Å²) >= 11 is 6.83. The monoisotopic (exact) mass is 381 g/mol. The van der Waals surface area contributed by atoms with Gasteiger partial charge in [0.2, 0.25) is 0 Å². The van der Waals surface area contributed by atoms with Crippen LogP contribution in [-0.2, 0) is 20.7 Å². The molecule has 0 fully saturated rings. The Balaban J connectivity index is 1.61. The quantitative estimate of drug-likeness (QED) is 0.562. The van der Waals surface area contributed by atoms with Gasteiger partial charge in [0.25, 0.3) is 5.91 Å². The maximum absolute atomic E-state index is 13.4. The fraction of sp³-hybridized carbons (Fsp3) is 0.222. The van der Waals surface area contributed by atoms with Crippen LogP contribution in [0.25, 0.3) is 0 Å². The average molecular weight is 382 g/mol. The van der Waals surface area contributed by atoms with Gasteiger partial charge in [0.05, 0.1) is 5.75 Å². The van der Waals surface area contributed by atoms with E-state index in [1.807, 2.05) is 12.1 Å². The van der Waals surface area contributed by atoms with Crippen LogP contribution in [0.5, 0.6) is 0 Å². The highest BCUT2D eigenvalue weighted by Gasteiger charge is 2.09. The van der Waals surface area contributed by atoms with E-state index in [2.05, 4.69) is 5.32 Å². The summed E-state index contributed by atoms with van der Waals surface area (Å²) in [6, 6.07) is 13.5. The molecule has 25 heavy (non-hydrogen) atoms. The van der Waals surface area contributed by atoms with Gasteiger partial charge in [-0.2, -0.15) is 0 Å². The Labute approximate surface area is 154 Å². The number of ether oxygens (including phenoxy) is 1. The predicted octanol–water partition coefficient (Wildman–Crippen LogP) is 3.47. The molecule has 0 saturated heterocycles. The first-order valence-electron chi connectivity index (χ1n) is 7.58. The lowest BCUT2D eigenvalue weighted by Crippen LogP contribution is -2.30. The lowest BCUT2D eigenvalue weighted by Gasteiger charge is -2.07. The van der Waals surface area contributed by atoms with Crippen LogP contribution in [0.3, 0.4) is 0 Å². The van der Waals surface area contributed by atoms with Gasteiger partial charge in [0, 0.05) is 16.5 Å². The average Bonchev–Trinajstić information content (AvgIpc) is 2.61. The molecule has 0 bridgehead atoms. The molecule has 0 aliphatic carbocycles. The van der Waals surface area contributed by atoms with E-state index >= 15 is 0 Å². The lowest BCUT2D eigenvalue weighted by molar-refractivity contribution is -0.145. The minimum absolute atomic E-state index is 0.0566. The molecule has 132 valence electrons. The molecule has 0 heterocycles. The third-order valence-electron chi connectivity index (χ3n) is 3.20. The third-order valence-corrected chi connectivity index (χ3v) is 4.47. The highest BCUT2D eigenvalue weighted by molar-refractivity contribution is 8.00. The Morgan fingerprint density at radius 2 is 1.84 bits per heavy atom. The standard InChI is InChI=1S/C18H17ClFNO3S/c19-14-7-5-13(6-8-14)9-10-21-17(22)11-24-18(23)12-25-16-4-2-1-3-15(16)20/h1-8H,9-12H2,(H,21,22). The number of carbonyl (C=O) groups is 2. The summed E-state index contributed by atoms with van der Waals surface area (Å²) in [5.74, 6) is -1.39. The zero-order chi connectivity index (χ0) is 18.1. The Morgan fingerprint density at radius 3 is 2.56 bits per heavy atom. The Hall–Kier alpha value is -2.05. The lowest BCUT2D eigenvalue weighted by atomic mass is 10.1. The number of hydrogen-bond acceptors (Lipinski definition) is 4. The maximum Gasteiger partial charge on any atom is 0.316 e. The van der Waals surface area contributed by atoms with Gasteiger partial charge in [-0.15, -0.1) is 11.8 Å². The first-order chi connectivity index (χ1) is 12.0. The summed E-state index contributed by atoms with van der Waals surface area (Å²) < 4.78 is 18.3. The van der Waals surface area contributed by atoms with Crippen LogP contribution >= 0.6 is 23.4 Å². The van der Waals surface area contributed by atoms with Crippen molar-refractivity contribution in [2.75, 3.05) is 18.9 Å². The van der Waals surface area contributed by atoms with Crippen molar-refractivity contribution in [1.82, 2.24) is 5.32 Å². The second kappa shape index (κ2) is 10.1. The van der Waals surface area contributed by atoms with Crippen LogP contribution in [0.4, 0.5) is 4.39 Å². The van der Waals surface area contributed by atoms with Crippen LogP contribution in [-0.4, -0.2) is 30.8 Å². The number of hydrogen-bond donors (Lipinski definition) is 1. The van der Waals surface area contributed by atoms with Gasteiger partial charge in [-0.05, 0) is 36.2 Å². The van der Waals surface area contributed by atoms with Crippen molar-refractivity contribution in [1.29, 1.82) is 0 Å². The van der Waals surface area contributed by atoms with Gasteiger partial charge in [-0.3, -0.25) is 9.59 Å². The Bertz CT molecular complexity index is 725. The van der Waals surface area contributed by atoms with Gasteiger partial charge in [-0.25, -0.2) is 4.39 Å². The first-order valence-corrected chi connectivity index (χ1v) is 8.95. The van der Waals surface area contributed by atoms with Crippen molar-refractivity contribution >= 4 is 35.2 Å². The summed E-state index contributed by atoms with van der Waals surface area (Å²) in [7, 11) is 0. The van der Waals surface area contributed by atoms with Crippen LogP contribution in [0.2, 0.25) is 5.02 Å². The zero-order valence-corrected chi connectivity index (χ0v) is 14.9. The first kappa shape index (κ1) is 19.3. The van der Waals surface area contributed by atoms with Crippen LogP contribution in [0.1, 0.15) is 5.56 Å². The van der Waals surface area contributed by atoms with Crippen LogP contribution in [0.15, 0.2) is 53.4 Å². The summed E-state index contributed by atoms with van der Waals surface area (Å²) in [4.78, 5) is 23.6. The number of carbonyl (C=O) groups excluding carboxylic acids is 2. The van der Waals surface area contributed by atoms with Crippen LogP contribution < -0.4 is 5.32 Å². The third kappa shape index (κ3) is 7.15. The number of rotatable bonds is 8.